The first kappa shape index (κ1) is 20.8. The van der Waals surface area contributed by atoms with Gasteiger partial charge in [-0.25, -0.2) is 0 Å². The van der Waals surface area contributed by atoms with Crippen molar-refractivity contribution in [3.8, 4) is 11.5 Å². The molecule has 1 heterocycles. The fourth-order valence-electron chi connectivity index (χ4n) is 3.37. The van der Waals surface area contributed by atoms with Gasteiger partial charge in [0.25, 0.3) is 0 Å². The number of carbonyl (C=O) groups is 1. The summed E-state index contributed by atoms with van der Waals surface area (Å²) < 4.78 is 16.3. The molecule has 152 valence electrons. The fourth-order valence-corrected chi connectivity index (χ4v) is 3.54. The van der Waals surface area contributed by atoms with Gasteiger partial charge >= 0.3 is 0 Å². The van der Waals surface area contributed by atoms with E-state index < -0.39 is 0 Å². The van der Waals surface area contributed by atoms with E-state index in [1.165, 1.54) is 0 Å². The number of carbonyl (C=O) groups excluding carboxylic acids is 1. The van der Waals surface area contributed by atoms with Crippen molar-refractivity contribution in [2.75, 3.05) is 20.8 Å². The van der Waals surface area contributed by atoms with Crippen molar-refractivity contribution in [2.24, 2.45) is 0 Å². The van der Waals surface area contributed by atoms with E-state index in [0.717, 1.165) is 33.4 Å². The average molecular weight is 414 g/mol. The van der Waals surface area contributed by atoms with Crippen LogP contribution in [0.3, 0.4) is 0 Å². The van der Waals surface area contributed by atoms with Crippen LogP contribution < -0.4 is 14.8 Å². The molecule has 0 atom stereocenters. The Morgan fingerprint density at radius 3 is 2.62 bits per heavy atom. The second kappa shape index (κ2) is 9.05. The molecule has 0 bridgehead atoms. The van der Waals surface area contributed by atoms with E-state index in [1.54, 1.807) is 26.4 Å². The Balaban J connectivity index is 1.67. The van der Waals surface area contributed by atoms with Crippen molar-refractivity contribution >= 4 is 34.1 Å². The summed E-state index contributed by atoms with van der Waals surface area (Å²) in [6.45, 7) is 4.29. The normalized spacial score (nSPS) is 11.6. The molecule has 0 aliphatic carbocycles. The standard InChI is InChI=1S/C23H24ClNO4/c1-14(23-15(2)29-19-8-6-17(24)13-18(19)23)11-22(26)25-10-9-16-5-7-20(27-3)21(12-16)28-4/h5-8,11-13H,9-10H2,1-4H3,(H,25,26)/b14-11+. The van der Waals surface area contributed by atoms with Gasteiger partial charge in [0.2, 0.25) is 5.91 Å². The quantitative estimate of drug-likeness (QED) is 0.542. The van der Waals surface area contributed by atoms with Gasteiger partial charge in [0, 0.05) is 28.6 Å². The van der Waals surface area contributed by atoms with Gasteiger partial charge < -0.3 is 19.2 Å². The minimum Gasteiger partial charge on any atom is -0.493 e. The monoisotopic (exact) mass is 413 g/mol. The number of nitrogens with one attached hydrogen (secondary N) is 1. The van der Waals surface area contributed by atoms with E-state index in [-0.39, 0.29) is 5.91 Å². The van der Waals surface area contributed by atoms with Crippen LogP contribution in [0.15, 0.2) is 46.9 Å². The number of allylic oxidation sites excluding steroid dienone is 1. The predicted molar refractivity (Wildman–Crippen MR) is 116 cm³/mol. The van der Waals surface area contributed by atoms with Gasteiger partial charge in [-0.05, 0) is 61.7 Å². The molecule has 0 aliphatic rings. The highest BCUT2D eigenvalue weighted by Gasteiger charge is 2.14. The Bertz CT molecular complexity index is 1070. The van der Waals surface area contributed by atoms with E-state index in [2.05, 4.69) is 5.32 Å². The lowest BCUT2D eigenvalue weighted by atomic mass is 10.0. The molecule has 29 heavy (non-hydrogen) atoms. The van der Waals surface area contributed by atoms with Gasteiger partial charge in [0.15, 0.2) is 11.5 Å². The second-order valence-corrected chi connectivity index (χ2v) is 7.17. The topological polar surface area (TPSA) is 60.7 Å². The van der Waals surface area contributed by atoms with Crippen molar-refractivity contribution in [2.45, 2.75) is 20.3 Å². The molecule has 1 aromatic heterocycles. The van der Waals surface area contributed by atoms with Crippen LogP contribution in [0.5, 0.6) is 11.5 Å². The maximum atomic E-state index is 12.4. The summed E-state index contributed by atoms with van der Waals surface area (Å²) in [7, 11) is 3.21. The maximum Gasteiger partial charge on any atom is 0.244 e. The third kappa shape index (κ3) is 4.74. The zero-order chi connectivity index (χ0) is 21.0. The molecule has 0 fully saturated rings. The van der Waals surface area contributed by atoms with Gasteiger partial charge in [-0.3, -0.25) is 4.79 Å². The molecule has 0 saturated heterocycles. The number of ether oxygens (including phenoxy) is 2. The third-order valence-electron chi connectivity index (χ3n) is 4.73. The number of methoxy groups -OCH3 is 2. The van der Waals surface area contributed by atoms with Crippen molar-refractivity contribution < 1.29 is 18.7 Å². The molecule has 0 radical (unpaired) electrons. The average Bonchev–Trinajstić information content (AvgIpc) is 3.02. The highest BCUT2D eigenvalue weighted by molar-refractivity contribution is 6.31. The number of amides is 1. The first-order valence-corrected chi connectivity index (χ1v) is 9.66. The largest absolute Gasteiger partial charge is 0.493 e. The van der Waals surface area contributed by atoms with Crippen LogP contribution in [0, 0.1) is 6.92 Å². The highest BCUT2D eigenvalue weighted by Crippen LogP contribution is 2.32. The van der Waals surface area contributed by atoms with Gasteiger partial charge in [-0.2, -0.15) is 0 Å². The number of hydrogen-bond donors (Lipinski definition) is 1. The summed E-state index contributed by atoms with van der Waals surface area (Å²) in [5.41, 5.74) is 3.53. The number of hydrogen-bond acceptors (Lipinski definition) is 4. The SMILES string of the molecule is COc1ccc(CCNC(=O)/C=C(\C)c2c(C)oc3ccc(Cl)cc23)cc1OC. The molecule has 5 nitrogen and oxygen atoms in total. The Labute approximate surface area is 175 Å². The Morgan fingerprint density at radius 1 is 1.14 bits per heavy atom. The summed E-state index contributed by atoms with van der Waals surface area (Å²) in [5.74, 6) is 1.96. The third-order valence-corrected chi connectivity index (χ3v) is 4.96. The van der Waals surface area contributed by atoms with Crippen LogP contribution in [-0.4, -0.2) is 26.7 Å². The molecule has 0 spiro atoms. The van der Waals surface area contributed by atoms with Crippen LogP contribution in [0.1, 0.15) is 23.8 Å². The number of fused-ring (bicyclic) bond motifs is 1. The van der Waals surface area contributed by atoms with E-state index in [9.17, 15) is 4.79 Å². The van der Waals surface area contributed by atoms with Gasteiger partial charge in [-0.15, -0.1) is 0 Å². The Morgan fingerprint density at radius 2 is 1.90 bits per heavy atom. The molecule has 2 aromatic carbocycles. The van der Waals surface area contributed by atoms with Gasteiger partial charge in [0.05, 0.1) is 14.2 Å². The molecule has 1 N–H and O–H groups in total. The lowest BCUT2D eigenvalue weighted by Crippen LogP contribution is -2.23. The predicted octanol–water partition coefficient (Wildman–Crippen LogP) is 5.17. The molecule has 6 heteroatoms. The molecular formula is C23H24ClNO4. The van der Waals surface area contributed by atoms with Gasteiger partial charge in [0.1, 0.15) is 11.3 Å². The van der Waals surface area contributed by atoms with Crippen molar-refractivity contribution in [1.29, 1.82) is 0 Å². The molecule has 0 saturated carbocycles. The lowest BCUT2D eigenvalue weighted by molar-refractivity contribution is -0.116. The van der Waals surface area contributed by atoms with Crippen molar-refractivity contribution in [3.63, 3.8) is 0 Å². The van der Waals surface area contributed by atoms with Crippen LogP contribution in [0.4, 0.5) is 0 Å². The van der Waals surface area contributed by atoms with Crippen LogP contribution in [0.25, 0.3) is 16.5 Å². The van der Waals surface area contributed by atoms with Gasteiger partial charge in [-0.1, -0.05) is 17.7 Å². The number of benzene rings is 2. The molecular weight excluding hydrogens is 390 g/mol. The Kier molecular flexibility index (Phi) is 6.49. The summed E-state index contributed by atoms with van der Waals surface area (Å²) in [4.78, 5) is 12.4. The summed E-state index contributed by atoms with van der Waals surface area (Å²) in [5, 5.41) is 4.46. The minimum absolute atomic E-state index is 0.154. The van der Waals surface area contributed by atoms with E-state index >= 15 is 0 Å². The molecule has 3 rings (SSSR count). The van der Waals surface area contributed by atoms with Crippen molar-refractivity contribution in [1.82, 2.24) is 5.32 Å². The smallest absolute Gasteiger partial charge is 0.244 e. The zero-order valence-corrected chi connectivity index (χ0v) is 17.7. The first-order valence-electron chi connectivity index (χ1n) is 9.29. The number of halogens is 1. The summed E-state index contributed by atoms with van der Waals surface area (Å²) in [6.07, 6.45) is 2.27. The molecule has 3 aromatic rings. The van der Waals surface area contributed by atoms with Crippen LogP contribution in [-0.2, 0) is 11.2 Å². The highest BCUT2D eigenvalue weighted by atomic mass is 35.5. The fraction of sp³-hybridized carbons (Fsp3) is 0.261. The number of rotatable bonds is 7. The molecule has 0 unspecified atom stereocenters. The first-order chi connectivity index (χ1) is 13.9. The van der Waals surface area contributed by atoms with Crippen molar-refractivity contribution in [3.05, 3.63) is 64.4 Å². The maximum absolute atomic E-state index is 12.4. The number of aryl methyl sites for hydroxylation is 1. The summed E-state index contributed by atoms with van der Waals surface area (Å²) >= 11 is 6.12. The second-order valence-electron chi connectivity index (χ2n) is 6.73. The van der Waals surface area contributed by atoms with Crippen LogP contribution >= 0.6 is 11.6 Å². The molecule has 1 amide bonds. The molecule has 0 aliphatic heterocycles. The lowest BCUT2D eigenvalue weighted by Gasteiger charge is -2.10. The van der Waals surface area contributed by atoms with Crippen LogP contribution in [0.2, 0.25) is 5.02 Å². The summed E-state index contributed by atoms with van der Waals surface area (Å²) in [6, 6.07) is 11.2. The Hall–Kier alpha value is -2.92. The van der Waals surface area contributed by atoms with E-state index in [4.69, 9.17) is 25.5 Å². The van der Waals surface area contributed by atoms with E-state index in [1.807, 2.05) is 44.2 Å². The van der Waals surface area contributed by atoms with E-state index in [0.29, 0.717) is 29.5 Å². The zero-order valence-electron chi connectivity index (χ0n) is 17.0. The number of furan rings is 1. The minimum atomic E-state index is -0.154.